The summed E-state index contributed by atoms with van der Waals surface area (Å²) < 4.78 is 1.61. The lowest BCUT2D eigenvalue weighted by molar-refractivity contribution is 0.809. The van der Waals surface area contributed by atoms with Gasteiger partial charge in [0.05, 0.1) is 5.69 Å². The van der Waals surface area contributed by atoms with Crippen molar-refractivity contribution in [3.05, 3.63) is 59.5 Å². The summed E-state index contributed by atoms with van der Waals surface area (Å²) in [6, 6.07) is 11.8. The SMILES string of the molecule is Cc1ccc(C)c(-c2cc(C#N)nn2-c2ncccn2)c1. The van der Waals surface area contributed by atoms with Crippen LogP contribution in [0.2, 0.25) is 0 Å². The van der Waals surface area contributed by atoms with Gasteiger partial charge in [0, 0.05) is 24.0 Å². The van der Waals surface area contributed by atoms with E-state index < -0.39 is 0 Å². The normalized spacial score (nSPS) is 10.3. The number of aryl methyl sites for hydroxylation is 2. The van der Waals surface area contributed by atoms with Gasteiger partial charge in [-0.2, -0.15) is 15.0 Å². The van der Waals surface area contributed by atoms with Crippen molar-refractivity contribution in [2.45, 2.75) is 13.8 Å². The van der Waals surface area contributed by atoms with E-state index in [2.05, 4.69) is 39.3 Å². The predicted octanol–water partition coefficient (Wildman–Crippen LogP) is 2.82. The summed E-state index contributed by atoms with van der Waals surface area (Å²) in [6.45, 7) is 4.07. The van der Waals surface area contributed by atoms with Crippen molar-refractivity contribution >= 4 is 0 Å². The Balaban J connectivity index is 2.26. The van der Waals surface area contributed by atoms with Crippen molar-refractivity contribution in [2.24, 2.45) is 0 Å². The molecule has 3 aromatic rings. The lowest BCUT2D eigenvalue weighted by Crippen LogP contribution is -2.04. The van der Waals surface area contributed by atoms with Crippen molar-refractivity contribution in [1.29, 1.82) is 5.26 Å². The van der Waals surface area contributed by atoms with Crippen LogP contribution in [0.4, 0.5) is 0 Å². The largest absolute Gasteiger partial charge is 0.251 e. The van der Waals surface area contributed by atoms with Gasteiger partial charge in [0.1, 0.15) is 6.07 Å². The van der Waals surface area contributed by atoms with E-state index in [9.17, 15) is 0 Å². The smallest absolute Gasteiger partial charge is 0.220 e. The Bertz CT molecular complexity index is 828. The molecule has 1 aromatic carbocycles. The van der Waals surface area contributed by atoms with Crippen molar-refractivity contribution in [2.75, 3.05) is 0 Å². The van der Waals surface area contributed by atoms with E-state index in [-0.39, 0.29) is 0 Å². The molecule has 5 nitrogen and oxygen atoms in total. The van der Waals surface area contributed by atoms with Gasteiger partial charge in [-0.25, -0.2) is 9.97 Å². The number of benzene rings is 1. The monoisotopic (exact) mass is 275 g/mol. The summed E-state index contributed by atoms with van der Waals surface area (Å²) >= 11 is 0. The first-order chi connectivity index (χ1) is 10.2. The molecule has 0 amide bonds. The van der Waals surface area contributed by atoms with Gasteiger partial charge < -0.3 is 0 Å². The standard InChI is InChI=1S/C16H13N5/c1-11-4-5-12(2)14(8-11)15-9-13(10-17)20-21(15)16-18-6-3-7-19-16/h3-9H,1-2H3. The second kappa shape index (κ2) is 5.17. The second-order valence-corrected chi connectivity index (χ2v) is 4.81. The van der Waals surface area contributed by atoms with Crippen molar-refractivity contribution < 1.29 is 0 Å². The Morgan fingerprint density at radius 2 is 1.86 bits per heavy atom. The lowest BCUT2D eigenvalue weighted by Gasteiger charge is -2.09. The Labute approximate surface area is 122 Å². The molecule has 21 heavy (non-hydrogen) atoms. The molecular formula is C16H13N5. The van der Waals surface area contributed by atoms with Crippen LogP contribution in [0, 0.1) is 25.2 Å². The molecule has 0 aliphatic heterocycles. The molecule has 0 atom stereocenters. The van der Waals surface area contributed by atoms with E-state index in [0.717, 1.165) is 22.4 Å². The summed E-state index contributed by atoms with van der Waals surface area (Å²) in [6.07, 6.45) is 3.31. The summed E-state index contributed by atoms with van der Waals surface area (Å²) in [4.78, 5) is 8.43. The second-order valence-electron chi connectivity index (χ2n) is 4.81. The third-order valence-corrected chi connectivity index (χ3v) is 3.23. The van der Waals surface area contributed by atoms with Crippen molar-refractivity contribution in [1.82, 2.24) is 19.7 Å². The topological polar surface area (TPSA) is 67.4 Å². The summed E-state index contributed by atoms with van der Waals surface area (Å²) in [7, 11) is 0. The minimum absolute atomic E-state index is 0.346. The zero-order chi connectivity index (χ0) is 14.8. The van der Waals surface area contributed by atoms with Crippen LogP contribution in [0.3, 0.4) is 0 Å². The van der Waals surface area contributed by atoms with Gasteiger partial charge in [-0.3, -0.25) is 0 Å². The maximum Gasteiger partial charge on any atom is 0.251 e. The Hall–Kier alpha value is -3.00. The highest BCUT2D eigenvalue weighted by molar-refractivity contribution is 5.67. The van der Waals surface area contributed by atoms with Gasteiger partial charge >= 0.3 is 0 Å². The van der Waals surface area contributed by atoms with Gasteiger partial charge in [-0.15, -0.1) is 0 Å². The third-order valence-electron chi connectivity index (χ3n) is 3.23. The quantitative estimate of drug-likeness (QED) is 0.721. The molecule has 2 aromatic heterocycles. The van der Waals surface area contributed by atoms with Crippen LogP contribution in [-0.2, 0) is 0 Å². The molecule has 2 heterocycles. The van der Waals surface area contributed by atoms with Crippen LogP contribution in [0.5, 0.6) is 0 Å². The average molecular weight is 275 g/mol. The molecule has 0 saturated heterocycles. The highest BCUT2D eigenvalue weighted by atomic mass is 15.4. The zero-order valence-corrected chi connectivity index (χ0v) is 11.8. The van der Waals surface area contributed by atoms with Gasteiger partial charge in [0.2, 0.25) is 0 Å². The van der Waals surface area contributed by atoms with Crippen LogP contribution < -0.4 is 0 Å². The first-order valence-corrected chi connectivity index (χ1v) is 6.54. The molecule has 0 saturated carbocycles. The highest BCUT2D eigenvalue weighted by Gasteiger charge is 2.15. The van der Waals surface area contributed by atoms with Gasteiger partial charge in [0.15, 0.2) is 5.69 Å². The lowest BCUT2D eigenvalue weighted by atomic mass is 10.0. The minimum Gasteiger partial charge on any atom is -0.220 e. The molecule has 0 radical (unpaired) electrons. The maximum atomic E-state index is 9.13. The molecule has 0 aliphatic carbocycles. The fourth-order valence-corrected chi connectivity index (χ4v) is 2.19. The van der Waals surface area contributed by atoms with Crippen LogP contribution in [0.1, 0.15) is 16.8 Å². The van der Waals surface area contributed by atoms with Crippen molar-refractivity contribution in [3.8, 4) is 23.3 Å². The molecule has 0 spiro atoms. The van der Waals surface area contributed by atoms with E-state index >= 15 is 0 Å². The maximum absolute atomic E-state index is 9.13. The van der Waals surface area contributed by atoms with Crippen molar-refractivity contribution in [3.63, 3.8) is 0 Å². The summed E-state index contributed by atoms with van der Waals surface area (Å²) in [5, 5.41) is 13.4. The fraction of sp³-hybridized carbons (Fsp3) is 0.125. The Morgan fingerprint density at radius 3 is 2.57 bits per heavy atom. The Kier molecular flexibility index (Phi) is 3.20. The first kappa shape index (κ1) is 13.0. The van der Waals surface area contributed by atoms with E-state index in [0.29, 0.717) is 11.6 Å². The molecule has 0 aliphatic rings. The number of nitriles is 1. The number of aromatic nitrogens is 4. The van der Waals surface area contributed by atoms with Crippen LogP contribution in [0.15, 0.2) is 42.7 Å². The summed E-state index contributed by atoms with van der Waals surface area (Å²) in [5.74, 6) is 0.454. The molecule has 102 valence electrons. The number of rotatable bonds is 2. The first-order valence-electron chi connectivity index (χ1n) is 6.54. The molecule has 0 bridgehead atoms. The number of hydrogen-bond acceptors (Lipinski definition) is 4. The summed E-state index contributed by atoms with van der Waals surface area (Å²) in [5.41, 5.74) is 4.45. The minimum atomic E-state index is 0.346. The zero-order valence-electron chi connectivity index (χ0n) is 11.8. The molecule has 5 heteroatoms. The third kappa shape index (κ3) is 2.39. The molecule has 3 rings (SSSR count). The highest BCUT2D eigenvalue weighted by Crippen LogP contribution is 2.26. The Morgan fingerprint density at radius 1 is 1.10 bits per heavy atom. The number of nitrogens with zero attached hydrogens (tertiary/aromatic N) is 5. The molecular weight excluding hydrogens is 262 g/mol. The van der Waals surface area contributed by atoms with Gasteiger partial charge in [-0.1, -0.05) is 17.7 Å². The van der Waals surface area contributed by atoms with E-state index in [4.69, 9.17) is 5.26 Å². The van der Waals surface area contributed by atoms with E-state index in [1.54, 1.807) is 29.2 Å². The molecule has 0 unspecified atom stereocenters. The average Bonchev–Trinajstić information content (AvgIpc) is 2.95. The van der Waals surface area contributed by atoms with Gasteiger partial charge in [-0.05, 0) is 31.5 Å². The van der Waals surface area contributed by atoms with Crippen LogP contribution in [0.25, 0.3) is 17.2 Å². The number of hydrogen-bond donors (Lipinski definition) is 0. The molecule has 0 N–H and O–H groups in total. The van der Waals surface area contributed by atoms with Crippen LogP contribution >= 0.6 is 0 Å². The molecule has 0 fully saturated rings. The predicted molar refractivity (Wildman–Crippen MR) is 78.8 cm³/mol. The van der Waals surface area contributed by atoms with Crippen LogP contribution in [-0.4, -0.2) is 19.7 Å². The van der Waals surface area contributed by atoms with Gasteiger partial charge in [0.25, 0.3) is 5.95 Å². The fourth-order valence-electron chi connectivity index (χ4n) is 2.19. The van der Waals surface area contributed by atoms with E-state index in [1.807, 2.05) is 13.8 Å². The van der Waals surface area contributed by atoms with E-state index in [1.165, 1.54) is 0 Å².